The fraction of sp³-hybridized carbons (Fsp3) is 1.00. The molecule has 1 nitrogen and oxygen atoms in total. The van der Waals surface area contributed by atoms with Crippen molar-refractivity contribution in [2.24, 2.45) is 0 Å². The van der Waals surface area contributed by atoms with Gasteiger partial charge < -0.3 is 18.4 Å². The molecule has 0 spiro atoms. The normalized spacial score (nSPS) is 6.67. The molecular formula is C3H9BrMgO. The number of hydrogen-bond donors (Lipinski definition) is 0. The Bertz CT molecular complexity index is 24.8. The van der Waals surface area contributed by atoms with Crippen molar-refractivity contribution < 1.29 is 5.48 Å². The SMILES string of the molecule is C[CH](C)[Mg][Br].O. The lowest BCUT2D eigenvalue weighted by Crippen LogP contribution is -1.79. The van der Waals surface area contributed by atoms with Crippen LogP contribution in [0.5, 0.6) is 0 Å². The van der Waals surface area contributed by atoms with E-state index in [1.54, 1.807) is 0 Å². The van der Waals surface area contributed by atoms with Gasteiger partial charge in [0, 0.05) is 0 Å². The summed E-state index contributed by atoms with van der Waals surface area (Å²) in [7, 11) is 0. The highest BCUT2D eigenvalue weighted by atomic mass is 79.9. The minimum absolute atomic E-state index is 0. The highest BCUT2D eigenvalue weighted by molar-refractivity contribution is 9.23. The van der Waals surface area contributed by atoms with E-state index in [0.29, 0.717) is 0 Å². The Morgan fingerprint density at radius 3 is 1.67 bits per heavy atom. The fourth-order valence-electron chi connectivity index (χ4n) is 0. The Labute approximate surface area is 54.4 Å². The van der Waals surface area contributed by atoms with Crippen LogP contribution in [0.25, 0.3) is 0 Å². The van der Waals surface area contributed by atoms with Crippen molar-refractivity contribution in [3.8, 4) is 0 Å². The van der Waals surface area contributed by atoms with E-state index in [1.807, 2.05) is 0 Å². The molecule has 0 atom stereocenters. The Kier molecular flexibility index (Phi) is 10.6. The molecule has 0 aliphatic heterocycles. The number of hydrogen-bond acceptors (Lipinski definition) is 0. The van der Waals surface area contributed by atoms with Crippen molar-refractivity contribution in [3.05, 3.63) is 0 Å². The van der Waals surface area contributed by atoms with Gasteiger partial charge in [0.25, 0.3) is 0 Å². The summed E-state index contributed by atoms with van der Waals surface area (Å²) in [5, 5.41) is 0. The second-order valence-electron chi connectivity index (χ2n) is 1.55. The van der Waals surface area contributed by atoms with Gasteiger partial charge in [-0.05, 0) is 0 Å². The van der Waals surface area contributed by atoms with Crippen molar-refractivity contribution in [2.45, 2.75) is 17.9 Å². The van der Waals surface area contributed by atoms with Crippen LogP contribution in [-0.4, -0.2) is 23.7 Å². The van der Waals surface area contributed by atoms with Crippen LogP contribution >= 0.6 is 12.9 Å². The lowest BCUT2D eigenvalue weighted by Gasteiger charge is -1.85. The van der Waals surface area contributed by atoms with E-state index in [4.69, 9.17) is 0 Å². The molecule has 2 N–H and O–H groups in total. The molecule has 6 heavy (non-hydrogen) atoms. The second-order valence-corrected chi connectivity index (χ2v) is 5.43. The smallest absolute Gasteiger partial charge is 0.412 e. The van der Waals surface area contributed by atoms with Gasteiger partial charge in [-0.25, -0.2) is 0 Å². The lowest BCUT2D eigenvalue weighted by atomic mass is 10.6. The van der Waals surface area contributed by atoms with Gasteiger partial charge >= 0.3 is 18.2 Å². The molecule has 0 aliphatic carbocycles. The molecule has 0 fully saturated rings. The Morgan fingerprint density at radius 1 is 1.50 bits per heavy atom. The molecular weight excluding hydrogens is 156 g/mol. The van der Waals surface area contributed by atoms with E-state index in [9.17, 15) is 0 Å². The first kappa shape index (κ1) is 10.2. The second kappa shape index (κ2) is 6.21. The van der Waals surface area contributed by atoms with Crippen molar-refractivity contribution in [3.63, 3.8) is 0 Å². The summed E-state index contributed by atoms with van der Waals surface area (Å²) in [6.45, 7) is 4.47. The summed E-state index contributed by atoms with van der Waals surface area (Å²) in [6.07, 6.45) is 0. The monoisotopic (exact) mass is 164 g/mol. The van der Waals surface area contributed by atoms with E-state index in [1.165, 1.54) is 0 Å². The van der Waals surface area contributed by atoms with Crippen LogP contribution in [0.1, 0.15) is 13.8 Å². The molecule has 0 aromatic rings. The summed E-state index contributed by atoms with van der Waals surface area (Å²) in [6, 6.07) is 0. The van der Waals surface area contributed by atoms with Crippen molar-refractivity contribution >= 4 is 31.1 Å². The van der Waals surface area contributed by atoms with Gasteiger partial charge in [0.2, 0.25) is 0 Å². The Hall–Kier alpha value is 1.21. The van der Waals surface area contributed by atoms with E-state index in [2.05, 4.69) is 26.7 Å². The topological polar surface area (TPSA) is 31.5 Å². The van der Waals surface area contributed by atoms with Gasteiger partial charge in [-0.15, -0.1) is 4.05 Å². The number of rotatable bonds is 1. The van der Waals surface area contributed by atoms with Crippen LogP contribution in [0.4, 0.5) is 0 Å². The van der Waals surface area contributed by atoms with Gasteiger partial charge in [-0.3, -0.25) is 0 Å². The van der Waals surface area contributed by atoms with Crippen LogP contribution < -0.4 is 0 Å². The molecule has 0 radical (unpaired) electrons. The zero-order valence-corrected chi connectivity index (χ0v) is 7.16. The summed E-state index contributed by atoms with van der Waals surface area (Å²) in [5.74, 6) is 0. The maximum atomic E-state index is 3.45. The molecule has 0 aromatic carbocycles. The highest BCUT2D eigenvalue weighted by Gasteiger charge is 1.91. The summed E-state index contributed by atoms with van der Waals surface area (Å²) >= 11 is 3.61. The maximum absolute atomic E-state index is 3.45. The van der Waals surface area contributed by atoms with E-state index >= 15 is 0 Å². The molecule has 0 aliphatic rings. The zero-order chi connectivity index (χ0) is 4.28. The molecule has 0 amide bonds. The van der Waals surface area contributed by atoms with Crippen LogP contribution in [-0.2, 0) is 0 Å². The molecule has 0 saturated heterocycles. The first-order valence-corrected chi connectivity index (χ1v) is 6.55. The van der Waals surface area contributed by atoms with Crippen molar-refractivity contribution in [2.75, 3.05) is 0 Å². The largest absolute Gasteiger partial charge is 0.471 e. The predicted molar refractivity (Wildman–Crippen MR) is 33.4 cm³/mol. The lowest BCUT2D eigenvalue weighted by molar-refractivity contribution is 0.824. The molecule has 0 bridgehead atoms. The molecule has 0 rings (SSSR count). The van der Waals surface area contributed by atoms with Crippen LogP contribution in [0.3, 0.4) is 0 Å². The van der Waals surface area contributed by atoms with E-state index in [0.717, 1.165) is 4.05 Å². The molecule has 0 saturated carbocycles. The van der Waals surface area contributed by atoms with Crippen LogP contribution in [0.15, 0.2) is 0 Å². The van der Waals surface area contributed by atoms with Gasteiger partial charge in [-0.1, -0.05) is 13.8 Å². The van der Waals surface area contributed by atoms with Crippen molar-refractivity contribution in [1.82, 2.24) is 0 Å². The summed E-state index contributed by atoms with van der Waals surface area (Å²) < 4.78 is 0.940. The molecule has 3 heteroatoms. The number of halogens is 1. The van der Waals surface area contributed by atoms with Crippen LogP contribution in [0, 0.1) is 0 Å². The first-order chi connectivity index (χ1) is 2.27. The van der Waals surface area contributed by atoms with E-state index < -0.39 is 0 Å². The Morgan fingerprint density at radius 2 is 1.67 bits per heavy atom. The first-order valence-electron chi connectivity index (χ1n) is 1.83. The molecule has 0 heterocycles. The minimum atomic E-state index is 0. The molecule has 36 valence electrons. The van der Waals surface area contributed by atoms with Crippen LogP contribution in [0.2, 0.25) is 4.05 Å². The standard InChI is InChI=1S/C3H7.BrH.Mg.H2O/c1-3-2;;;/h3H,1-2H3;1H;;1H2/q;;+1;/p-1. The third-order valence-corrected chi connectivity index (χ3v) is 4.81. The fourth-order valence-corrected chi connectivity index (χ4v) is 0. The van der Waals surface area contributed by atoms with Gasteiger partial charge in [0.1, 0.15) is 0 Å². The molecule has 0 aromatic heterocycles. The zero-order valence-electron chi connectivity index (χ0n) is 4.16. The predicted octanol–water partition coefficient (Wildman–Crippen LogP) is 1.00. The third kappa shape index (κ3) is 8.96. The minimum Gasteiger partial charge on any atom is -0.412 e. The molecule has 0 unspecified atom stereocenters. The van der Waals surface area contributed by atoms with Gasteiger partial charge in [0.15, 0.2) is 0 Å². The van der Waals surface area contributed by atoms with Gasteiger partial charge in [0.05, 0.1) is 0 Å². The van der Waals surface area contributed by atoms with Gasteiger partial charge in [-0.2, -0.15) is 0 Å². The maximum Gasteiger partial charge on any atom is 0.471 e. The summed E-state index contributed by atoms with van der Waals surface area (Å²) in [5.41, 5.74) is 0. The average Bonchev–Trinajstić information content (AvgIpc) is 1.38. The highest BCUT2D eigenvalue weighted by Crippen LogP contribution is 1.98. The van der Waals surface area contributed by atoms with Crippen molar-refractivity contribution in [1.29, 1.82) is 0 Å². The Balaban J connectivity index is 0. The third-order valence-electron chi connectivity index (χ3n) is 0.309. The van der Waals surface area contributed by atoms with E-state index in [-0.39, 0.29) is 23.7 Å². The quantitative estimate of drug-likeness (QED) is 0.519. The average molecular weight is 165 g/mol. The summed E-state index contributed by atoms with van der Waals surface area (Å²) in [4.78, 5) is 0.